The standard InChI is InChI=1S/2C15H13.2C13H10.2C9H13.2ClH.2Zr/c2*1-10-3-5-14-12(7-10)9-13-8-11(2)4-6-15(13)14;2*1-3-7-12(8-4-1)11-13-9-5-2-6-10-13;2*1-6-5-7(2)9(4)8(6)3;;;;/h2*3-9H,1-2H3;2*1-10H;2*6H,1-4H3;2*1H;;/q2*-1;;;2*-1;;;2*+2/p-2. The maximum atomic E-state index is 3.36. The van der Waals surface area contributed by atoms with Crippen LogP contribution in [0.3, 0.4) is 0 Å². The van der Waals surface area contributed by atoms with E-state index in [-0.39, 0.29) is 24.8 Å². The molecule has 0 radical (unpaired) electrons. The molecule has 0 nitrogen and oxygen atoms in total. The average molecular weight is 1210 g/mol. The summed E-state index contributed by atoms with van der Waals surface area (Å²) in [6.45, 7) is 25.9. The second-order valence-corrected chi connectivity index (χ2v) is 22.9. The van der Waals surface area contributed by atoms with Crippen molar-refractivity contribution in [3.63, 3.8) is 0 Å². The zero-order valence-corrected chi connectivity index (χ0v) is 54.0. The van der Waals surface area contributed by atoms with Crippen molar-refractivity contribution in [1.82, 2.24) is 0 Å². The summed E-state index contributed by atoms with van der Waals surface area (Å²) in [5.74, 6) is 1.12. The molecular formula is C74H72Cl2Zr2-2. The van der Waals surface area contributed by atoms with E-state index in [2.05, 4.69) is 301 Å². The van der Waals surface area contributed by atoms with Crippen LogP contribution in [0.2, 0.25) is 0 Å². The van der Waals surface area contributed by atoms with Crippen molar-refractivity contribution in [2.75, 3.05) is 0 Å². The van der Waals surface area contributed by atoms with Gasteiger partial charge in [-0.25, -0.2) is 11.1 Å². The van der Waals surface area contributed by atoms with Gasteiger partial charge in [-0.3, -0.25) is 12.2 Å². The minimum absolute atomic E-state index is 0. The van der Waals surface area contributed by atoms with Gasteiger partial charge in [0.05, 0.1) is 0 Å². The van der Waals surface area contributed by atoms with Gasteiger partial charge in [0.25, 0.3) is 0 Å². The molecule has 2 unspecified atom stereocenters. The summed E-state index contributed by atoms with van der Waals surface area (Å²) in [6.07, 6.45) is 6.72. The van der Waals surface area contributed by atoms with Gasteiger partial charge in [-0.15, -0.1) is 93.3 Å². The number of halogens is 2. The molecule has 0 saturated heterocycles. The molecule has 78 heavy (non-hydrogen) atoms. The Labute approximate surface area is 509 Å². The Morgan fingerprint density at radius 3 is 0.718 bits per heavy atom. The van der Waals surface area contributed by atoms with E-state index < -0.39 is 0 Å². The van der Waals surface area contributed by atoms with Crippen LogP contribution in [0.1, 0.15) is 99.9 Å². The van der Waals surface area contributed by atoms with E-state index in [0.717, 1.165) is 0 Å². The zero-order valence-electron chi connectivity index (χ0n) is 47.5. The summed E-state index contributed by atoms with van der Waals surface area (Å²) in [7, 11) is 0. The quantitative estimate of drug-likeness (QED) is 0.154. The second-order valence-electron chi connectivity index (χ2n) is 20.5. The average Bonchev–Trinajstić information content (AvgIpc) is 4.16. The topological polar surface area (TPSA) is 0 Å². The van der Waals surface area contributed by atoms with Crippen LogP contribution in [0, 0.1) is 51.7 Å². The molecule has 10 aromatic carbocycles. The van der Waals surface area contributed by atoms with E-state index in [4.69, 9.17) is 0 Å². The Morgan fingerprint density at radius 2 is 0.551 bits per heavy atom. The second kappa shape index (κ2) is 30.2. The Hall–Kier alpha value is -5.45. The molecule has 4 heteroatoms. The van der Waals surface area contributed by atoms with Gasteiger partial charge in [-0.1, -0.05) is 124 Å². The predicted octanol–water partition coefficient (Wildman–Crippen LogP) is 13.7. The Balaban J connectivity index is 0.000000173. The van der Waals surface area contributed by atoms with Crippen molar-refractivity contribution in [1.29, 1.82) is 0 Å². The first kappa shape index (κ1) is 63.4. The van der Waals surface area contributed by atoms with Gasteiger partial charge in [0.15, 0.2) is 0 Å². The van der Waals surface area contributed by atoms with E-state index in [0.29, 0.717) is 11.8 Å². The van der Waals surface area contributed by atoms with Crippen molar-refractivity contribution in [2.45, 2.75) is 83.1 Å². The molecule has 0 fully saturated rings. The molecule has 10 aromatic rings. The Morgan fingerprint density at radius 1 is 0.333 bits per heavy atom. The van der Waals surface area contributed by atoms with E-state index in [1.807, 2.05) is 0 Å². The van der Waals surface area contributed by atoms with E-state index in [1.54, 1.807) is 0 Å². The van der Waals surface area contributed by atoms with Gasteiger partial charge >= 0.3 is 198 Å². The molecular weight excluding hydrogens is 1140 g/mol. The third-order valence-corrected chi connectivity index (χ3v) is 17.6. The molecule has 0 aliphatic heterocycles. The van der Waals surface area contributed by atoms with Gasteiger partial charge in [-0.2, -0.15) is 22.3 Å². The normalized spacial score (nSPS) is 14.2. The SMILES string of the molecule is CC1=[C-]C(C)C(C)=C1C.CC1=[C-]C(C)C(C)=C1C.Cc1ccc2c(c1)[cH-]c1cc(C)ccc12.Cc1ccc2c(c1)[cH-]c1cc(C)ccc12.[Cl-].[Cl-].[Zr+2]=[C](c1ccccc1)c1ccccc1.[Zr+2]=[C](c1ccccc1)c1ccccc1. The molecule has 2 aliphatic rings. The van der Waals surface area contributed by atoms with Crippen molar-refractivity contribution in [2.24, 2.45) is 11.8 Å². The van der Waals surface area contributed by atoms with Crippen LogP contribution in [-0.2, 0) is 48.5 Å². The van der Waals surface area contributed by atoms with Crippen LogP contribution in [0.25, 0.3) is 43.1 Å². The fraction of sp³-hybridized carbons (Fsp3) is 0.189. The van der Waals surface area contributed by atoms with Crippen LogP contribution < -0.4 is 24.8 Å². The third kappa shape index (κ3) is 16.8. The number of allylic oxidation sites excluding steroid dienone is 8. The summed E-state index contributed by atoms with van der Waals surface area (Å²) in [4.78, 5) is 0. The van der Waals surface area contributed by atoms with Crippen molar-refractivity contribution >= 4 is 49.5 Å². The van der Waals surface area contributed by atoms with Gasteiger partial charge < -0.3 is 24.8 Å². The van der Waals surface area contributed by atoms with Gasteiger partial charge in [-0.05, 0) is 27.7 Å². The molecule has 2 aliphatic carbocycles. The maximum absolute atomic E-state index is 3.36. The fourth-order valence-corrected chi connectivity index (χ4v) is 11.2. The van der Waals surface area contributed by atoms with Crippen LogP contribution in [-0.4, -0.2) is 6.41 Å². The third-order valence-electron chi connectivity index (χ3n) is 14.8. The van der Waals surface area contributed by atoms with E-state index in [9.17, 15) is 0 Å². The summed E-state index contributed by atoms with van der Waals surface area (Å²) >= 11 is 2.92. The summed E-state index contributed by atoms with van der Waals surface area (Å²) in [5.41, 5.74) is 19.1. The number of rotatable bonds is 4. The minimum atomic E-state index is 0. The molecule has 2 atom stereocenters. The molecule has 12 rings (SSSR count). The summed E-state index contributed by atoms with van der Waals surface area (Å²) in [6, 6.07) is 73.4. The first-order valence-electron chi connectivity index (χ1n) is 26.6. The molecule has 0 aromatic heterocycles. The number of fused-ring (bicyclic) bond motifs is 6. The first-order chi connectivity index (χ1) is 36.5. The first-order valence-corrected chi connectivity index (χ1v) is 29.0. The van der Waals surface area contributed by atoms with Gasteiger partial charge in [0.1, 0.15) is 0 Å². The van der Waals surface area contributed by atoms with E-state index >= 15 is 0 Å². The number of hydrogen-bond donors (Lipinski definition) is 0. The van der Waals surface area contributed by atoms with E-state index in [1.165, 1.54) is 176 Å². The predicted molar refractivity (Wildman–Crippen MR) is 325 cm³/mol. The van der Waals surface area contributed by atoms with Gasteiger partial charge in [0, 0.05) is 0 Å². The number of benzene rings is 8. The van der Waals surface area contributed by atoms with Crippen molar-refractivity contribution in [3.8, 4) is 0 Å². The number of aryl methyl sites for hydroxylation is 4. The monoisotopic (exact) mass is 1210 g/mol. The molecule has 0 spiro atoms. The fourth-order valence-electron chi connectivity index (χ4n) is 9.60. The van der Waals surface area contributed by atoms with Crippen LogP contribution in [0.5, 0.6) is 0 Å². The number of hydrogen-bond acceptors (Lipinski definition) is 0. The summed E-state index contributed by atoms with van der Waals surface area (Å²) < 4.78 is 2.83. The molecule has 392 valence electrons. The van der Waals surface area contributed by atoms with Crippen molar-refractivity contribution in [3.05, 3.63) is 296 Å². The van der Waals surface area contributed by atoms with Crippen LogP contribution >= 0.6 is 0 Å². The zero-order chi connectivity index (χ0) is 54.5. The molecule has 0 bridgehead atoms. The van der Waals surface area contributed by atoms with Crippen LogP contribution in [0.15, 0.2) is 240 Å². The Bertz CT molecular complexity index is 3290. The molecule has 0 saturated carbocycles. The van der Waals surface area contributed by atoms with Crippen molar-refractivity contribution < 1.29 is 73.3 Å². The molecule has 0 N–H and O–H groups in total. The van der Waals surface area contributed by atoms with Crippen LogP contribution in [0.4, 0.5) is 0 Å². The molecule has 0 amide bonds. The Kier molecular flexibility index (Phi) is 24.6. The molecule has 0 heterocycles. The summed E-state index contributed by atoms with van der Waals surface area (Å²) in [5, 5.41) is 10.9. The van der Waals surface area contributed by atoms with Gasteiger partial charge in [0.2, 0.25) is 0 Å².